The molecule has 1 saturated heterocycles. The fourth-order valence-electron chi connectivity index (χ4n) is 2.54. The molecule has 1 unspecified atom stereocenters. The van der Waals surface area contributed by atoms with Crippen molar-refractivity contribution in [3.05, 3.63) is 27.8 Å². The zero-order valence-electron chi connectivity index (χ0n) is 13.2. The summed E-state index contributed by atoms with van der Waals surface area (Å²) in [6, 6.07) is 2.80. The van der Waals surface area contributed by atoms with Crippen molar-refractivity contribution in [1.82, 2.24) is 10.2 Å². The number of hydrogen-bond acceptors (Lipinski definition) is 6. The second kappa shape index (κ2) is 7.98. The summed E-state index contributed by atoms with van der Waals surface area (Å²) in [5.41, 5.74) is -0.269. The molecule has 0 aliphatic carbocycles. The number of carbonyl (C=O) groups is 1. The number of nitro groups is 1. The molecule has 9 heteroatoms. The van der Waals surface area contributed by atoms with Crippen molar-refractivity contribution in [2.75, 3.05) is 34.4 Å². The van der Waals surface area contributed by atoms with E-state index in [0.717, 1.165) is 6.42 Å². The second-order valence-corrected chi connectivity index (χ2v) is 5.01. The van der Waals surface area contributed by atoms with Crippen LogP contribution in [0.25, 0.3) is 0 Å². The smallest absolute Gasteiger partial charge is 0.286 e. The lowest BCUT2D eigenvalue weighted by atomic mass is 10.1. The van der Waals surface area contributed by atoms with Gasteiger partial charge in [0.2, 0.25) is 0 Å². The largest absolute Gasteiger partial charge is 0.493 e. The Morgan fingerprint density at radius 3 is 2.43 bits per heavy atom. The molecule has 23 heavy (non-hydrogen) atoms. The van der Waals surface area contributed by atoms with Gasteiger partial charge in [-0.15, -0.1) is 12.4 Å². The van der Waals surface area contributed by atoms with E-state index in [-0.39, 0.29) is 41.4 Å². The summed E-state index contributed by atoms with van der Waals surface area (Å²) in [5, 5.41) is 14.4. The lowest BCUT2D eigenvalue weighted by Crippen LogP contribution is -2.33. The molecule has 1 N–H and O–H groups in total. The van der Waals surface area contributed by atoms with E-state index in [2.05, 4.69) is 5.32 Å². The molecule has 1 aliphatic heterocycles. The highest BCUT2D eigenvalue weighted by molar-refractivity contribution is 5.99. The summed E-state index contributed by atoms with van der Waals surface area (Å²) in [6.45, 7) is 1.09. The van der Waals surface area contributed by atoms with Gasteiger partial charge in [-0.3, -0.25) is 14.9 Å². The number of nitrogens with zero attached hydrogens (tertiary/aromatic N) is 2. The number of likely N-dealkylation sites (tertiary alicyclic amines) is 1. The Hall–Kier alpha value is -2.06. The minimum absolute atomic E-state index is 0. The number of likely N-dealkylation sites (N-methyl/N-ethyl adjacent to an activating group) is 1. The highest BCUT2D eigenvalue weighted by Crippen LogP contribution is 2.35. The predicted octanol–water partition coefficient (Wildman–Crippen LogP) is 1.47. The Labute approximate surface area is 140 Å². The number of nitrogens with one attached hydrogen (secondary N) is 1. The van der Waals surface area contributed by atoms with Crippen molar-refractivity contribution in [1.29, 1.82) is 0 Å². The van der Waals surface area contributed by atoms with Crippen LogP contribution in [0.5, 0.6) is 11.5 Å². The van der Waals surface area contributed by atoms with Gasteiger partial charge in [0.1, 0.15) is 5.56 Å². The number of rotatable bonds is 5. The number of ether oxygens (including phenoxy) is 2. The number of nitro benzene ring substituents is 1. The Morgan fingerprint density at radius 2 is 1.96 bits per heavy atom. The van der Waals surface area contributed by atoms with E-state index in [9.17, 15) is 14.9 Å². The first-order valence-electron chi connectivity index (χ1n) is 6.88. The second-order valence-electron chi connectivity index (χ2n) is 5.01. The fraction of sp³-hybridized carbons (Fsp3) is 0.500. The quantitative estimate of drug-likeness (QED) is 0.641. The molecule has 0 aromatic heterocycles. The van der Waals surface area contributed by atoms with Crippen LogP contribution in [-0.2, 0) is 0 Å². The standard InChI is InChI=1S/C14H19N3O5.ClH/c1-15-9-4-5-16(8-9)14(18)10-6-12(21-2)13(22-3)7-11(10)17(19)20;/h6-7,9,15H,4-5,8H2,1-3H3;1H. The Bertz CT molecular complexity index is 596. The van der Waals surface area contributed by atoms with Crippen molar-refractivity contribution in [2.24, 2.45) is 0 Å². The molecule has 1 amide bonds. The van der Waals surface area contributed by atoms with Crippen LogP contribution in [0.3, 0.4) is 0 Å². The number of benzene rings is 1. The molecule has 1 aromatic carbocycles. The number of halogens is 1. The molecule has 0 saturated carbocycles. The molecule has 0 spiro atoms. The molecular formula is C14H20ClN3O5. The van der Waals surface area contributed by atoms with E-state index >= 15 is 0 Å². The van der Waals surface area contributed by atoms with Gasteiger partial charge in [-0.1, -0.05) is 0 Å². The molecule has 0 bridgehead atoms. The van der Waals surface area contributed by atoms with Crippen LogP contribution in [0.4, 0.5) is 5.69 Å². The average Bonchev–Trinajstić information content (AvgIpc) is 3.01. The van der Waals surface area contributed by atoms with E-state index in [1.807, 2.05) is 7.05 Å². The van der Waals surface area contributed by atoms with E-state index in [0.29, 0.717) is 18.8 Å². The maximum absolute atomic E-state index is 12.6. The maximum Gasteiger partial charge on any atom is 0.286 e. The van der Waals surface area contributed by atoms with E-state index in [1.54, 1.807) is 4.90 Å². The van der Waals surface area contributed by atoms with Gasteiger partial charge in [0, 0.05) is 25.2 Å². The van der Waals surface area contributed by atoms with Gasteiger partial charge in [-0.25, -0.2) is 0 Å². The minimum atomic E-state index is -0.583. The van der Waals surface area contributed by atoms with Gasteiger partial charge >= 0.3 is 0 Å². The Morgan fingerprint density at radius 1 is 1.35 bits per heavy atom. The molecule has 1 heterocycles. The molecular weight excluding hydrogens is 326 g/mol. The SMILES string of the molecule is CNC1CCN(C(=O)c2cc(OC)c(OC)cc2[N+](=O)[O-])C1.Cl. The number of methoxy groups -OCH3 is 2. The molecule has 1 atom stereocenters. The molecule has 1 aromatic rings. The first-order valence-corrected chi connectivity index (χ1v) is 6.88. The number of hydrogen-bond donors (Lipinski definition) is 1. The van der Waals surface area contributed by atoms with Gasteiger partial charge < -0.3 is 19.7 Å². The lowest BCUT2D eigenvalue weighted by Gasteiger charge is -2.17. The summed E-state index contributed by atoms with van der Waals surface area (Å²) in [5.74, 6) is 0.145. The third-order valence-corrected chi connectivity index (χ3v) is 3.81. The van der Waals surface area contributed by atoms with Crippen molar-refractivity contribution < 1.29 is 19.2 Å². The number of carbonyl (C=O) groups excluding carboxylic acids is 1. The summed E-state index contributed by atoms with van der Waals surface area (Å²) >= 11 is 0. The predicted molar refractivity (Wildman–Crippen MR) is 86.8 cm³/mol. The third-order valence-electron chi connectivity index (χ3n) is 3.81. The zero-order chi connectivity index (χ0) is 16.3. The summed E-state index contributed by atoms with van der Waals surface area (Å²) < 4.78 is 10.2. The molecule has 128 valence electrons. The molecule has 2 rings (SSSR count). The van der Waals surface area contributed by atoms with Gasteiger partial charge in [-0.2, -0.15) is 0 Å². The highest BCUT2D eigenvalue weighted by atomic mass is 35.5. The summed E-state index contributed by atoms with van der Waals surface area (Å²) in [4.78, 5) is 24.9. The van der Waals surface area contributed by atoms with Crippen LogP contribution in [0, 0.1) is 10.1 Å². The minimum Gasteiger partial charge on any atom is -0.493 e. The average molecular weight is 346 g/mol. The van der Waals surface area contributed by atoms with Gasteiger partial charge in [0.25, 0.3) is 11.6 Å². The van der Waals surface area contributed by atoms with Crippen LogP contribution in [0.2, 0.25) is 0 Å². The van der Waals surface area contributed by atoms with Gasteiger partial charge in [-0.05, 0) is 13.5 Å². The highest BCUT2D eigenvalue weighted by Gasteiger charge is 2.31. The summed E-state index contributed by atoms with van der Waals surface area (Å²) in [7, 11) is 4.64. The Kier molecular flexibility index (Phi) is 6.59. The number of amides is 1. The molecule has 1 fully saturated rings. The van der Waals surface area contributed by atoms with Crippen molar-refractivity contribution in [3.8, 4) is 11.5 Å². The first kappa shape index (κ1) is 19.0. The molecule has 1 aliphatic rings. The van der Waals surface area contributed by atoms with E-state index < -0.39 is 4.92 Å². The van der Waals surface area contributed by atoms with E-state index in [4.69, 9.17) is 9.47 Å². The maximum atomic E-state index is 12.6. The molecule has 8 nitrogen and oxygen atoms in total. The first-order chi connectivity index (χ1) is 10.5. The van der Waals surface area contributed by atoms with Gasteiger partial charge in [0.05, 0.1) is 25.2 Å². The topological polar surface area (TPSA) is 93.9 Å². The van der Waals surface area contributed by atoms with Crippen LogP contribution >= 0.6 is 12.4 Å². The van der Waals surface area contributed by atoms with Crippen LogP contribution in [0.1, 0.15) is 16.8 Å². The van der Waals surface area contributed by atoms with Crippen LogP contribution in [0.15, 0.2) is 12.1 Å². The Balaban J connectivity index is 0.00000264. The zero-order valence-corrected chi connectivity index (χ0v) is 14.0. The lowest BCUT2D eigenvalue weighted by molar-refractivity contribution is -0.385. The third kappa shape index (κ3) is 3.83. The van der Waals surface area contributed by atoms with Crippen molar-refractivity contribution in [3.63, 3.8) is 0 Å². The van der Waals surface area contributed by atoms with Crippen molar-refractivity contribution >= 4 is 24.0 Å². The molecule has 0 radical (unpaired) electrons. The normalized spacial score (nSPS) is 16.7. The fourth-order valence-corrected chi connectivity index (χ4v) is 2.54. The van der Waals surface area contributed by atoms with Crippen LogP contribution < -0.4 is 14.8 Å². The van der Waals surface area contributed by atoms with E-state index in [1.165, 1.54) is 26.4 Å². The van der Waals surface area contributed by atoms with Crippen molar-refractivity contribution in [2.45, 2.75) is 12.5 Å². The monoisotopic (exact) mass is 345 g/mol. The van der Waals surface area contributed by atoms with Crippen LogP contribution in [-0.4, -0.2) is 56.1 Å². The van der Waals surface area contributed by atoms with Gasteiger partial charge in [0.15, 0.2) is 11.5 Å². The summed E-state index contributed by atoms with van der Waals surface area (Å²) in [6.07, 6.45) is 0.823.